The Morgan fingerprint density at radius 1 is 1.45 bits per heavy atom. The molecule has 0 spiro atoms. The van der Waals surface area contributed by atoms with Crippen molar-refractivity contribution in [3.05, 3.63) is 24.0 Å². The zero-order valence-corrected chi connectivity index (χ0v) is 6.20. The highest BCUT2D eigenvalue weighted by molar-refractivity contribution is 5.27. The maximum absolute atomic E-state index is 9.22. The summed E-state index contributed by atoms with van der Waals surface area (Å²) in [7, 11) is 0. The quantitative estimate of drug-likeness (QED) is 0.672. The Morgan fingerprint density at radius 3 is 2.45 bits per heavy atom. The van der Waals surface area contributed by atoms with Crippen molar-refractivity contribution in [1.82, 2.24) is 4.98 Å². The molecule has 1 heterocycles. The minimum absolute atomic E-state index is 0. The van der Waals surface area contributed by atoms with Gasteiger partial charge in [0.05, 0.1) is 5.69 Å². The maximum Gasteiger partial charge on any atom is 0.137 e. The van der Waals surface area contributed by atoms with Crippen molar-refractivity contribution in [3.8, 4) is 5.75 Å². The summed E-state index contributed by atoms with van der Waals surface area (Å²) >= 11 is 0. The summed E-state index contributed by atoms with van der Waals surface area (Å²) < 4.78 is 0. The van der Waals surface area contributed by atoms with Crippen LogP contribution in [0.1, 0.15) is 32.9 Å². The molecule has 0 fully saturated rings. The van der Waals surface area contributed by atoms with Gasteiger partial charge in [0, 0.05) is 6.20 Å². The first-order valence-electron chi connectivity index (χ1n) is 3.35. The van der Waals surface area contributed by atoms with Crippen LogP contribution in [0, 0.1) is 0 Å². The Hall–Kier alpha value is -1.05. The van der Waals surface area contributed by atoms with E-state index in [1.54, 1.807) is 18.3 Å². The van der Waals surface area contributed by atoms with E-state index < -0.39 is 0 Å². The minimum atomic E-state index is 0. The minimum Gasteiger partial charge on any atom is -0.506 e. The summed E-state index contributed by atoms with van der Waals surface area (Å²) in [6, 6.07) is 3.38. The van der Waals surface area contributed by atoms with Crippen LogP contribution in [0.3, 0.4) is 0 Å². The fourth-order valence-electron chi connectivity index (χ4n) is 0.854. The van der Waals surface area contributed by atoms with E-state index in [-0.39, 0.29) is 13.2 Å². The highest BCUT2D eigenvalue weighted by Gasteiger charge is 2.04. The third-order valence-corrected chi connectivity index (χ3v) is 1.36. The van der Waals surface area contributed by atoms with Gasteiger partial charge in [-0.25, -0.2) is 0 Å². The van der Waals surface area contributed by atoms with Crippen molar-refractivity contribution < 1.29 is 5.11 Å². The van der Waals surface area contributed by atoms with Crippen LogP contribution in [0.4, 0.5) is 0 Å². The van der Waals surface area contributed by atoms with Gasteiger partial charge in [0.25, 0.3) is 0 Å². The van der Waals surface area contributed by atoms with Gasteiger partial charge in [-0.1, -0.05) is 21.3 Å². The van der Waals surface area contributed by atoms with Crippen molar-refractivity contribution in [1.29, 1.82) is 0 Å². The number of hydrogen-bond donors (Lipinski definition) is 1. The van der Waals surface area contributed by atoms with E-state index in [0.717, 1.165) is 5.69 Å². The van der Waals surface area contributed by atoms with Gasteiger partial charge in [-0.3, -0.25) is 4.98 Å². The van der Waals surface area contributed by atoms with Crippen LogP contribution in [-0.2, 0) is 0 Å². The van der Waals surface area contributed by atoms with Gasteiger partial charge in [0.2, 0.25) is 0 Å². The Labute approximate surface area is 67.9 Å². The number of nitrogens with zero attached hydrogens (tertiary/aromatic N) is 1. The van der Waals surface area contributed by atoms with Gasteiger partial charge >= 0.3 is 0 Å². The molecule has 1 rings (SSSR count). The van der Waals surface area contributed by atoms with Crippen molar-refractivity contribution in [3.63, 3.8) is 0 Å². The Morgan fingerprint density at radius 2 is 2.09 bits per heavy atom. The molecule has 11 heavy (non-hydrogen) atoms. The third-order valence-electron chi connectivity index (χ3n) is 1.36. The summed E-state index contributed by atoms with van der Waals surface area (Å²) in [6.45, 7) is 4.00. The highest BCUT2D eigenvalue weighted by atomic mass is 16.3. The third kappa shape index (κ3) is 2.22. The summed E-state index contributed by atoms with van der Waals surface area (Å²) in [4.78, 5) is 4.03. The number of pyridine rings is 1. The second kappa shape index (κ2) is 3.96. The molecule has 0 aliphatic heterocycles. The molecule has 0 aliphatic rings. The molecule has 0 aliphatic carbocycles. The molecule has 62 valence electrons. The van der Waals surface area contributed by atoms with Crippen LogP contribution in [0.15, 0.2) is 18.3 Å². The maximum atomic E-state index is 9.22. The molecule has 0 radical (unpaired) electrons. The fraction of sp³-hybridized carbons (Fsp3) is 0.444. The molecule has 2 heteroatoms. The molecule has 0 amide bonds. The predicted octanol–water partition coefficient (Wildman–Crippen LogP) is 2.55. The van der Waals surface area contributed by atoms with Gasteiger partial charge in [0.15, 0.2) is 0 Å². The molecule has 0 atom stereocenters. The van der Waals surface area contributed by atoms with Crippen LogP contribution in [0.25, 0.3) is 0 Å². The number of rotatable bonds is 1. The molecule has 0 unspecified atom stereocenters. The monoisotopic (exact) mass is 153 g/mol. The first-order valence-corrected chi connectivity index (χ1v) is 3.35. The van der Waals surface area contributed by atoms with E-state index in [1.165, 1.54) is 0 Å². The second-order valence-corrected chi connectivity index (χ2v) is 2.56. The smallest absolute Gasteiger partial charge is 0.137 e. The standard InChI is InChI=1S/C8H11NO.CH4/c1-6(2)8-7(10)4-3-5-9-8;/h3-6,10H,1-2H3;1H4. The van der Waals surface area contributed by atoms with Crippen LogP contribution >= 0.6 is 0 Å². The Balaban J connectivity index is 0.000001000. The average molecular weight is 153 g/mol. The van der Waals surface area contributed by atoms with Crippen molar-refractivity contribution >= 4 is 0 Å². The van der Waals surface area contributed by atoms with E-state index in [4.69, 9.17) is 0 Å². The lowest BCUT2D eigenvalue weighted by Crippen LogP contribution is -1.90. The van der Waals surface area contributed by atoms with Crippen molar-refractivity contribution in [2.45, 2.75) is 27.2 Å². The number of aromatic nitrogens is 1. The lowest BCUT2D eigenvalue weighted by Gasteiger charge is -2.04. The van der Waals surface area contributed by atoms with E-state index in [9.17, 15) is 5.11 Å². The molecule has 1 aromatic rings. The molecular weight excluding hydrogens is 138 g/mol. The van der Waals surface area contributed by atoms with Gasteiger partial charge in [-0.2, -0.15) is 0 Å². The summed E-state index contributed by atoms with van der Waals surface area (Å²) in [5.41, 5.74) is 0.766. The van der Waals surface area contributed by atoms with E-state index >= 15 is 0 Å². The zero-order chi connectivity index (χ0) is 7.56. The topological polar surface area (TPSA) is 33.1 Å². The average Bonchev–Trinajstić information content (AvgIpc) is 1.88. The Kier molecular flexibility index (Phi) is 3.58. The SMILES string of the molecule is C.CC(C)c1ncccc1O. The normalized spacial score (nSPS) is 9.36. The highest BCUT2D eigenvalue weighted by Crippen LogP contribution is 2.20. The van der Waals surface area contributed by atoms with Gasteiger partial charge in [-0.05, 0) is 18.1 Å². The summed E-state index contributed by atoms with van der Waals surface area (Å²) in [5.74, 6) is 0.582. The molecule has 1 N–H and O–H groups in total. The lowest BCUT2D eigenvalue weighted by molar-refractivity contribution is 0.460. The van der Waals surface area contributed by atoms with Crippen LogP contribution in [0.2, 0.25) is 0 Å². The van der Waals surface area contributed by atoms with Gasteiger partial charge < -0.3 is 5.11 Å². The number of aromatic hydroxyl groups is 1. The molecule has 0 aromatic carbocycles. The van der Waals surface area contributed by atoms with E-state index in [0.29, 0.717) is 5.92 Å². The van der Waals surface area contributed by atoms with Crippen molar-refractivity contribution in [2.75, 3.05) is 0 Å². The van der Waals surface area contributed by atoms with Gasteiger partial charge in [-0.15, -0.1) is 0 Å². The Bertz CT molecular complexity index is 221. The molecule has 0 saturated heterocycles. The van der Waals surface area contributed by atoms with E-state index in [2.05, 4.69) is 4.98 Å². The van der Waals surface area contributed by atoms with Crippen LogP contribution in [-0.4, -0.2) is 10.1 Å². The molecule has 1 aromatic heterocycles. The molecule has 0 saturated carbocycles. The largest absolute Gasteiger partial charge is 0.506 e. The fourth-order valence-corrected chi connectivity index (χ4v) is 0.854. The first-order chi connectivity index (χ1) is 4.72. The number of hydrogen-bond acceptors (Lipinski definition) is 2. The summed E-state index contributed by atoms with van der Waals surface area (Å²) in [6.07, 6.45) is 1.69. The van der Waals surface area contributed by atoms with E-state index in [1.807, 2.05) is 13.8 Å². The van der Waals surface area contributed by atoms with Crippen LogP contribution in [0.5, 0.6) is 5.75 Å². The molecule has 2 nitrogen and oxygen atoms in total. The van der Waals surface area contributed by atoms with Crippen molar-refractivity contribution in [2.24, 2.45) is 0 Å². The zero-order valence-electron chi connectivity index (χ0n) is 6.20. The second-order valence-electron chi connectivity index (χ2n) is 2.56. The molecular formula is C9H15NO. The van der Waals surface area contributed by atoms with Gasteiger partial charge in [0.1, 0.15) is 5.75 Å². The lowest BCUT2D eigenvalue weighted by atomic mass is 10.1. The summed E-state index contributed by atoms with van der Waals surface area (Å²) in [5, 5.41) is 9.22. The first kappa shape index (κ1) is 9.95. The predicted molar refractivity (Wildman–Crippen MR) is 46.7 cm³/mol. The van der Waals surface area contributed by atoms with Crippen LogP contribution < -0.4 is 0 Å². The molecule has 0 bridgehead atoms.